The fourth-order valence-corrected chi connectivity index (χ4v) is 5.45. The van der Waals surface area contributed by atoms with E-state index < -0.39 is 11.9 Å². The molecule has 37 heavy (non-hydrogen) atoms. The molecule has 0 radical (unpaired) electrons. The van der Waals surface area contributed by atoms with Gasteiger partial charge in [0.05, 0.1) is 19.2 Å². The highest BCUT2D eigenvalue weighted by molar-refractivity contribution is 6.34. The summed E-state index contributed by atoms with van der Waals surface area (Å²) in [5.74, 6) is -0.426. The molecule has 2 fully saturated rings. The van der Waals surface area contributed by atoms with Crippen LogP contribution in [0.25, 0.3) is 0 Å². The Kier molecular flexibility index (Phi) is 6.85. The molecular weight excluding hydrogens is 471 g/mol. The number of hydrogen-bond donors (Lipinski definition) is 1. The molecule has 3 unspecified atom stereocenters. The number of fused-ring (bicyclic) bond motifs is 1. The van der Waals surface area contributed by atoms with Crippen molar-refractivity contribution in [3.63, 3.8) is 0 Å². The molecule has 0 spiro atoms. The van der Waals surface area contributed by atoms with E-state index in [1.807, 2.05) is 46.6 Å². The standard InChI is InChI=1S/C25H28B3N3O6/c26-17-10-13(4-5-15(17)22(27)30-8-9-36-12-21(30)33)23(28)37-19-3-1-2-14-16(19)11-31(25(14)35)18-6-7-20(32)29-24(18)34/h1-5,10,18,22-23H,6-9,11-12,26-28H2,(H,29,32,34). The summed E-state index contributed by atoms with van der Waals surface area (Å²) in [5.41, 5.74) is 4.39. The van der Waals surface area contributed by atoms with Crippen molar-refractivity contribution in [3.8, 4) is 5.75 Å². The molecule has 12 heteroatoms. The number of benzene rings is 2. The summed E-state index contributed by atoms with van der Waals surface area (Å²) in [6, 6.07) is 10.5. The predicted molar refractivity (Wildman–Crippen MR) is 143 cm³/mol. The van der Waals surface area contributed by atoms with Gasteiger partial charge in [-0.15, -0.1) is 0 Å². The topological polar surface area (TPSA) is 105 Å². The Bertz CT molecular complexity index is 1290. The quantitative estimate of drug-likeness (QED) is 0.362. The largest absolute Gasteiger partial charge is 0.495 e. The minimum atomic E-state index is -0.668. The van der Waals surface area contributed by atoms with Crippen LogP contribution >= 0.6 is 0 Å². The molecule has 0 bridgehead atoms. The van der Waals surface area contributed by atoms with E-state index in [9.17, 15) is 19.2 Å². The van der Waals surface area contributed by atoms with Crippen molar-refractivity contribution in [2.24, 2.45) is 0 Å². The van der Waals surface area contributed by atoms with Crippen LogP contribution in [-0.4, -0.2) is 82.8 Å². The number of carbonyl (C=O) groups is 4. The van der Waals surface area contributed by atoms with Crippen LogP contribution in [0, 0.1) is 0 Å². The first-order chi connectivity index (χ1) is 17.7. The van der Waals surface area contributed by atoms with Gasteiger partial charge in [0, 0.05) is 30.0 Å². The maximum absolute atomic E-state index is 13.1. The Balaban J connectivity index is 1.32. The van der Waals surface area contributed by atoms with Gasteiger partial charge in [0.1, 0.15) is 34.1 Å². The van der Waals surface area contributed by atoms with Crippen LogP contribution < -0.4 is 15.5 Å². The molecule has 0 saturated carbocycles. The van der Waals surface area contributed by atoms with Crippen LogP contribution in [0.4, 0.5) is 0 Å². The van der Waals surface area contributed by atoms with Crippen molar-refractivity contribution in [1.82, 2.24) is 15.1 Å². The summed E-state index contributed by atoms with van der Waals surface area (Å²) in [5, 5.41) is 2.33. The Labute approximate surface area is 218 Å². The molecule has 3 aliphatic heterocycles. The van der Waals surface area contributed by atoms with E-state index >= 15 is 0 Å². The van der Waals surface area contributed by atoms with Gasteiger partial charge in [-0.2, -0.15) is 0 Å². The van der Waals surface area contributed by atoms with Crippen LogP contribution in [0.5, 0.6) is 5.75 Å². The number of rotatable bonds is 6. The molecule has 188 valence electrons. The highest BCUT2D eigenvalue weighted by Gasteiger charge is 2.40. The van der Waals surface area contributed by atoms with Crippen LogP contribution in [0.3, 0.4) is 0 Å². The molecule has 0 aromatic heterocycles. The third kappa shape index (κ3) is 4.77. The molecule has 3 atom stereocenters. The first-order valence-electron chi connectivity index (χ1n) is 12.7. The van der Waals surface area contributed by atoms with Gasteiger partial charge >= 0.3 is 0 Å². The van der Waals surface area contributed by atoms with E-state index in [1.165, 1.54) is 4.90 Å². The minimum Gasteiger partial charge on any atom is -0.495 e. The van der Waals surface area contributed by atoms with E-state index in [-0.39, 0.29) is 49.2 Å². The molecule has 3 aliphatic rings. The molecule has 0 aliphatic carbocycles. The third-order valence-electron chi connectivity index (χ3n) is 7.55. The lowest BCUT2D eigenvalue weighted by Crippen LogP contribution is -2.52. The maximum atomic E-state index is 13.1. The van der Waals surface area contributed by atoms with Gasteiger partial charge in [-0.3, -0.25) is 24.5 Å². The van der Waals surface area contributed by atoms with E-state index in [0.717, 1.165) is 22.2 Å². The van der Waals surface area contributed by atoms with Gasteiger partial charge in [-0.05, 0) is 29.7 Å². The lowest BCUT2D eigenvalue weighted by molar-refractivity contribution is -0.143. The second-order valence-corrected chi connectivity index (χ2v) is 9.87. The number of imide groups is 1. The van der Waals surface area contributed by atoms with Gasteiger partial charge in [-0.1, -0.05) is 29.7 Å². The number of nitrogens with zero attached hydrogens (tertiary/aromatic N) is 2. The number of nitrogens with one attached hydrogen (secondary N) is 1. The molecule has 3 heterocycles. The fourth-order valence-electron chi connectivity index (χ4n) is 5.45. The number of carbonyl (C=O) groups excluding carboxylic acids is 4. The normalized spacial score (nSPS) is 21.5. The van der Waals surface area contributed by atoms with Crippen molar-refractivity contribution in [1.29, 1.82) is 0 Å². The molecule has 5 rings (SSSR count). The Morgan fingerprint density at radius 1 is 1.11 bits per heavy atom. The van der Waals surface area contributed by atoms with Crippen molar-refractivity contribution in [2.75, 3.05) is 19.8 Å². The molecular formula is C25H28B3N3O6. The second kappa shape index (κ2) is 10.1. The number of ether oxygens (including phenoxy) is 2. The zero-order valence-electron chi connectivity index (χ0n) is 21.3. The number of amides is 4. The lowest BCUT2D eigenvalue weighted by atomic mass is 9.76. The van der Waals surface area contributed by atoms with Crippen LogP contribution in [0.1, 0.15) is 51.8 Å². The van der Waals surface area contributed by atoms with Gasteiger partial charge in [0.25, 0.3) is 5.91 Å². The number of piperidine rings is 1. The first-order valence-corrected chi connectivity index (χ1v) is 12.7. The average molecular weight is 499 g/mol. The zero-order chi connectivity index (χ0) is 26.3. The van der Waals surface area contributed by atoms with Crippen LogP contribution in [0.2, 0.25) is 0 Å². The summed E-state index contributed by atoms with van der Waals surface area (Å²) in [6.07, 6.45) is 0.529. The Hall–Kier alpha value is -3.53. The molecule has 1 N–H and O–H groups in total. The molecule has 4 amide bonds. The first kappa shape index (κ1) is 25.1. The molecule has 2 aromatic rings. The molecule has 9 nitrogen and oxygen atoms in total. The minimum absolute atomic E-state index is 0.00207. The predicted octanol–water partition coefficient (Wildman–Crippen LogP) is -2.09. The monoisotopic (exact) mass is 499 g/mol. The third-order valence-corrected chi connectivity index (χ3v) is 7.55. The van der Waals surface area contributed by atoms with E-state index in [2.05, 4.69) is 11.4 Å². The summed E-state index contributed by atoms with van der Waals surface area (Å²) < 4.78 is 11.6. The fraction of sp³-hybridized carbons (Fsp3) is 0.360. The summed E-state index contributed by atoms with van der Waals surface area (Å²) in [6.45, 7) is 1.50. The lowest BCUT2D eigenvalue weighted by Gasteiger charge is -2.34. The van der Waals surface area contributed by atoms with Gasteiger partial charge in [-0.25, -0.2) is 0 Å². The zero-order valence-corrected chi connectivity index (χ0v) is 21.3. The van der Waals surface area contributed by atoms with E-state index in [1.54, 1.807) is 12.1 Å². The average Bonchev–Trinajstić information content (AvgIpc) is 3.21. The van der Waals surface area contributed by atoms with Gasteiger partial charge in [0.15, 0.2) is 7.85 Å². The Morgan fingerprint density at radius 2 is 1.92 bits per heavy atom. The second-order valence-electron chi connectivity index (χ2n) is 9.87. The highest BCUT2D eigenvalue weighted by Crippen LogP contribution is 2.35. The molecule has 2 aromatic carbocycles. The Morgan fingerprint density at radius 3 is 2.65 bits per heavy atom. The van der Waals surface area contributed by atoms with Gasteiger partial charge in [0.2, 0.25) is 17.7 Å². The summed E-state index contributed by atoms with van der Waals surface area (Å²) in [4.78, 5) is 52.7. The smallest absolute Gasteiger partial charge is 0.255 e. The maximum Gasteiger partial charge on any atom is 0.255 e. The van der Waals surface area contributed by atoms with Crippen molar-refractivity contribution in [2.45, 2.75) is 37.4 Å². The van der Waals surface area contributed by atoms with Crippen molar-refractivity contribution < 1.29 is 28.7 Å². The highest BCUT2D eigenvalue weighted by atomic mass is 16.5. The SMILES string of the molecule is Bc1cc(C(B)Oc2cccc3c2CN(C2CCC(=O)NC2=O)C3=O)ccc1C(B)N1CCOCC1=O. The van der Waals surface area contributed by atoms with Crippen molar-refractivity contribution >= 4 is 52.6 Å². The summed E-state index contributed by atoms with van der Waals surface area (Å²) in [7, 11) is 6.02. The van der Waals surface area contributed by atoms with Gasteiger partial charge < -0.3 is 19.3 Å². The van der Waals surface area contributed by atoms with E-state index in [4.69, 9.17) is 9.47 Å². The van der Waals surface area contributed by atoms with Crippen LogP contribution in [-0.2, 0) is 25.7 Å². The number of morpholine rings is 1. The summed E-state index contributed by atoms with van der Waals surface area (Å²) >= 11 is 0. The number of hydrogen-bond acceptors (Lipinski definition) is 6. The van der Waals surface area contributed by atoms with Crippen LogP contribution in [0.15, 0.2) is 36.4 Å². The van der Waals surface area contributed by atoms with Crippen molar-refractivity contribution in [3.05, 3.63) is 58.7 Å². The van der Waals surface area contributed by atoms with E-state index in [0.29, 0.717) is 30.9 Å². The molecule has 2 saturated heterocycles.